The molecule has 1 unspecified atom stereocenters. The van der Waals surface area contributed by atoms with E-state index in [1.165, 1.54) is 25.0 Å². The van der Waals surface area contributed by atoms with Gasteiger partial charge in [-0.25, -0.2) is 4.79 Å². The van der Waals surface area contributed by atoms with Gasteiger partial charge in [0.15, 0.2) is 0 Å². The third-order valence-corrected chi connectivity index (χ3v) is 12.2. The molecule has 228 valence electrons. The molecule has 7 nitrogen and oxygen atoms in total. The van der Waals surface area contributed by atoms with Crippen LogP contribution in [0.15, 0.2) is 34.9 Å². The zero-order chi connectivity index (χ0) is 30.7. The first kappa shape index (κ1) is 31.5. The number of esters is 2. The minimum Gasteiger partial charge on any atom is -0.478 e. The van der Waals surface area contributed by atoms with Crippen LogP contribution in [-0.2, 0) is 23.9 Å². The summed E-state index contributed by atoms with van der Waals surface area (Å²) < 4.78 is 11.6. The summed E-state index contributed by atoms with van der Waals surface area (Å²) in [6.07, 6.45) is 9.56. The van der Waals surface area contributed by atoms with Gasteiger partial charge in [0.2, 0.25) is 0 Å². The van der Waals surface area contributed by atoms with Gasteiger partial charge in [0.1, 0.15) is 12.2 Å². The van der Waals surface area contributed by atoms with Gasteiger partial charge < -0.3 is 19.7 Å². The minimum atomic E-state index is -0.985. The maximum absolute atomic E-state index is 12.1. The second kappa shape index (κ2) is 10.7. The molecule has 0 aromatic carbocycles. The van der Waals surface area contributed by atoms with E-state index >= 15 is 0 Å². The monoisotopic (exact) mass is 570 g/mol. The fourth-order valence-electron chi connectivity index (χ4n) is 9.49. The van der Waals surface area contributed by atoms with Crippen LogP contribution in [-0.4, -0.2) is 46.4 Å². The van der Waals surface area contributed by atoms with Gasteiger partial charge in [0.25, 0.3) is 0 Å². The van der Waals surface area contributed by atoms with Gasteiger partial charge in [0, 0.05) is 36.7 Å². The Morgan fingerprint density at radius 3 is 2.29 bits per heavy atom. The predicted octanol–water partition coefficient (Wildman–Crippen LogP) is 6.40. The Kier molecular flexibility index (Phi) is 8.22. The zero-order valence-electron chi connectivity index (χ0n) is 26.4. The maximum atomic E-state index is 12.1. The average Bonchev–Trinajstić information content (AvgIpc) is 3.08. The van der Waals surface area contributed by atoms with Crippen LogP contribution in [0.5, 0.6) is 0 Å². The number of carboxylic acid groups (broad SMARTS) is 1. The summed E-state index contributed by atoms with van der Waals surface area (Å²) in [6.45, 7) is 17.8. The molecular formula is C34H50O7. The molecule has 4 rings (SSSR count). The number of aliphatic hydroxyl groups excluding tert-OH is 1. The summed E-state index contributed by atoms with van der Waals surface area (Å²) in [5.41, 5.74) is 1.79. The standard InChI is InChI=1S/C34H50O7/c1-19(30(38)39)10-12-26(40-21(3)35)20(2)25-18-28(37)34(9)24-11-13-27-31(5,6)29(41-22(4)36)15-16-32(27,7)23(24)14-17-33(25,34)8/h10-11,14,20,25-29,37H,12-13,15-18H2,1-9H3,(H,38,39)/b19-10+/t20-,25+,26?,27-,28-,29+,32+,33+,34+/m0/s1. The molecule has 2 saturated carbocycles. The number of hydrogen-bond acceptors (Lipinski definition) is 6. The lowest BCUT2D eigenvalue weighted by atomic mass is 9.44. The lowest BCUT2D eigenvalue weighted by molar-refractivity contribution is -0.165. The first-order valence-corrected chi connectivity index (χ1v) is 15.3. The number of ether oxygens (including phenoxy) is 2. The van der Waals surface area contributed by atoms with E-state index in [9.17, 15) is 24.6 Å². The fourth-order valence-corrected chi connectivity index (χ4v) is 9.49. The number of rotatable bonds is 7. The van der Waals surface area contributed by atoms with Crippen molar-refractivity contribution in [1.82, 2.24) is 0 Å². The van der Waals surface area contributed by atoms with Crippen LogP contribution >= 0.6 is 0 Å². The number of hydrogen-bond donors (Lipinski definition) is 2. The van der Waals surface area contributed by atoms with Crippen molar-refractivity contribution in [2.75, 3.05) is 0 Å². The van der Waals surface area contributed by atoms with Gasteiger partial charge in [-0.15, -0.1) is 0 Å². The Labute approximate surface area is 245 Å². The highest BCUT2D eigenvalue weighted by Gasteiger charge is 2.67. The fraction of sp³-hybridized carbons (Fsp3) is 0.735. The minimum absolute atomic E-state index is 0.0609. The van der Waals surface area contributed by atoms with Gasteiger partial charge in [-0.1, -0.05) is 59.8 Å². The van der Waals surface area contributed by atoms with Crippen LogP contribution in [0.3, 0.4) is 0 Å². The molecule has 0 amide bonds. The van der Waals surface area contributed by atoms with Crippen molar-refractivity contribution >= 4 is 17.9 Å². The molecule has 0 aromatic rings. The Morgan fingerprint density at radius 2 is 1.71 bits per heavy atom. The number of fused-ring (bicyclic) bond motifs is 5. The Morgan fingerprint density at radius 1 is 1.05 bits per heavy atom. The van der Waals surface area contributed by atoms with Gasteiger partial charge in [-0.05, 0) is 78.8 Å². The SMILES string of the molecule is CC(=O)OC(C/C=C(\C)C(=O)O)[C@@H](C)[C@H]1C[C@H](O)[C@@]2(C)C3=CC[C@H]4C(C)(C)[C@H](OC(C)=O)CC[C@]4(C)C3=CC[C@]12C. The number of allylic oxidation sites excluding steroid dienone is 3. The lowest BCUT2D eigenvalue weighted by Crippen LogP contribution is -2.56. The van der Waals surface area contributed by atoms with Gasteiger partial charge >= 0.3 is 17.9 Å². The molecule has 0 heterocycles. The van der Waals surface area contributed by atoms with E-state index in [0.29, 0.717) is 18.8 Å². The van der Waals surface area contributed by atoms with Crippen LogP contribution in [0.25, 0.3) is 0 Å². The summed E-state index contributed by atoms with van der Waals surface area (Å²) >= 11 is 0. The van der Waals surface area contributed by atoms with Crippen molar-refractivity contribution in [3.05, 3.63) is 34.9 Å². The van der Waals surface area contributed by atoms with Gasteiger partial charge in [0.05, 0.1) is 6.10 Å². The summed E-state index contributed by atoms with van der Waals surface area (Å²) in [7, 11) is 0. The Bertz CT molecular complexity index is 1190. The third kappa shape index (κ3) is 4.90. The summed E-state index contributed by atoms with van der Waals surface area (Å²) in [5, 5.41) is 21.2. The molecule has 0 aliphatic heterocycles. The van der Waals surface area contributed by atoms with Gasteiger partial charge in [-0.3, -0.25) is 9.59 Å². The first-order chi connectivity index (χ1) is 18.9. The number of carbonyl (C=O) groups excluding carboxylic acids is 2. The second-order valence-corrected chi connectivity index (χ2v) is 14.5. The van der Waals surface area contributed by atoms with E-state index in [1.807, 2.05) is 0 Å². The van der Waals surface area contributed by atoms with Crippen LogP contribution in [0.1, 0.15) is 101 Å². The zero-order valence-corrected chi connectivity index (χ0v) is 26.4. The predicted molar refractivity (Wildman–Crippen MR) is 157 cm³/mol. The molecule has 9 atom stereocenters. The summed E-state index contributed by atoms with van der Waals surface area (Å²) in [6, 6.07) is 0. The molecule has 4 aliphatic carbocycles. The Balaban J connectivity index is 1.70. The summed E-state index contributed by atoms with van der Waals surface area (Å²) in [5.74, 6) is -1.32. The molecule has 2 fully saturated rings. The van der Waals surface area contributed by atoms with Crippen LogP contribution < -0.4 is 0 Å². The molecule has 0 aromatic heterocycles. The molecule has 7 heteroatoms. The van der Waals surface area contributed by atoms with Crippen molar-refractivity contribution < 1.29 is 34.1 Å². The van der Waals surface area contributed by atoms with Crippen molar-refractivity contribution in [2.45, 2.75) is 119 Å². The average molecular weight is 571 g/mol. The molecule has 0 spiro atoms. The van der Waals surface area contributed by atoms with Crippen molar-refractivity contribution in [3.8, 4) is 0 Å². The van der Waals surface area contributed by atoms with E-state index in [2.05, 4.69) is 53.7 Å². The molecule has 2 N–H and O–H groups in total. The van der Waals surface area contributed by atoms with E-state index in [-0.39, 0.29) is 51.7 Å². The topological polar surface area (TPSA) is 110 Å². The molecule has 4 aliphatic rings. The highest BCUT2D eigenvalue weighted by atomic mass is 16.5. The smallest absolute Gasteiger partial charge is 0.330 e. The summed E-state index contributed by atoms with van der Waals surface area (Å²) in [4.78, 5) is 35.4. The largest absolute Gasteiger partial charge is 0.478 e. The molecule has 0 saturated heterocycles. The van der Waals surface area contributed by atoms with Crippen LogP contribution in [0.2, 0.25) is 0 Å². The molecule has 0 radical (unpaired) electrons. The first-order valence-electron chi connectivity index (χ1n) is 15.3. The lowest BCUT2D eigenvalue weighted by Gasteiger charge is -2.61. The third-order valence-electron chi connectivity index (χ3n) is 12.2. The quantitative estimate of drug-likeness (QED) is 0.269. The molecular weight excluding hydrogens is 520 g/mol. The number of aliphatic hydroxyl groups is 1. The number of aliphatic carboxylic acids is 1. The van der Waals surface area contributed by atoms with E-state index in [4.69, 9.17) is 9.47 Å². The second-order valence-electron chi connectivity index (χ2n) is 14.5. The van der Waals surface area contributed by atoms with E-state index in [0.717, 1.165) is 25.7 Å². The molecule has 0 bridgehead atoms. The number of carboxylic acids is 1. The highest BCUT2D eigenvalue weighted by molar-refractivity contribution is 5.85. The van der Waals surface area contributed by atoms with Crippen molar-refractivity contribution in [1.29, 1.82) is 0 Å². The highest BCUT2D eigenvalue weighted by Crippen LogP contribution is 2.72. The maximum Gasteiger partial charge on any atom is 0.330 e. The number of carbonyl (C=O) groups is 3. The van der Waals surface area contributed by atoms with E-state index < -0.39 is 23.6 Å². The van der Waals surface area contributed by atoms with Gasteiger partial charge in [-0.2, -0.15) is 0 Å². The van der Waals surface area contributed by atoms with Crippen molar-refractivity contribution in [3.63, 3.8) is 0 Å². The molecule has 41 heavy (non-hydrogen) atoms. The van der Waals surface area contributed by atoms with Crippen LogP contribution in [0.4, 0.5) is 0 Å². The van der Waals surface area contributed by atoms with E-state index in [1.54, 1.807) is 13.0 Å². The normalized spacial score (nSPS) is 39.2. The van der Waals surface area contributed by atoms with Crippen molar-refractivity contribution in [2.24, 2.45) is 39.4 Å². The van der Waals surface area contributed by atoms with Crippen LogP contribution in [0, 0.1) is 39.4 Å². The Hall–Kier alpha value is -2.41.